The second-order valence-corrected chi connectivity index (χ2v) is 9.28. The van der Waals surface area contributed by atoms with Gasteiger partial charge in [0.25, 0.3) is 5.91 Å². The fraction of sp³-hybridized carbons (Fsp3) is 0.231. The standard InChI is InChI=1S/C26H21ClF5N5O3/c1-12-8-14(28)20(15(29)9-12)24(39)35-17-11-13(33-25(40)26(30,31)32)10-16-21(17)22-23(27)37-18(36-22)6-4-2-3-5-7-19(38)34-16/h2-3,8-11H,4-7H2,1H3,(H,33,40)(H,34,38)(H,35,39)(H,36,37). The number of allylic oxidation sites excluding steroid dienone is 2. The first-order chi connectivity index (χ1) is 18.8. The van der Waals surface area contributed by atoms with Crippen LogP contribution in [0, 0.1) is 18.6 Å². The van der Waals surface area contributed by atoms with E-state index in [1.165, 1.54) is 6.92 Å². The first kappa shape index (κ1) is 28.7. The van der Waals surface area contributed by atoms with Crippen molar-refractivity contribution in [2.45, 2.75) is 38.8 Å². The number of imidazole rings is 1. The van der Waals surface area contributed by atoms with Crippen molar-refractivity contribution in [1.29, 1.82) is 0 Å². The molecule has 0 fully saturated rings. The van der Waals surface area contributed by atoms with Gasteiger partial charge < -0.3 is 20.9 Å². The van der Waals surface area contributed by atoms with Gasteiger partial charge in [0.05, 0.1) is 16.9 Å². The normalized spacial score (nSPS) is 13.8. The Morgan fingerprint density at radius 3 is 2.30 bits per heavy atom. The van der Waals surface area contributed by atoms with Crippen molar-refractivity contribution in [1.82, 2.24) is 9.97 Å². The summed E-state index contributed by atoms with van der Waals surface area (Å²) in [6, 6.07) is 3.81. The maximum atomic E-state index is 14.6. The van der Waals surface area contributed by atoms with Gasteiger partial charge in [-0.15, -0.1) is 0 Å². The van der Waals surface area contributed by atoms with Gasteiger partial charge in [0, 0.05) is 18.5 Å². The number of carbonyl (C=O) groups excluding carboxylic acids is 3. The van der Waals surface area contributed by atoms with Crippen molar-refractivity contribution in [3.05, 3.63) is 70.2 Å². The summed E-state index contributed by atoms with van der Waals surface area (Å²) < 4.78 is 68.2. The lowest BCUT2D eigenvalue weighted by Crippen LogP contribution is -2.30. The van der Waals surface area contributed by atoms with E-state index >= 15 is 0 Å². The molecule has 0 unspecified atom stereocenters. The Balaban J connectivity index is 1.91. The van der Waals surface area contributed by atoms with Crippen molar-refractivity contribution in [2.75, 3.05) is 16.0 Å². The minimum atomic E-state index is -5.26. The largest absolute Gasteiger partial charge is 0.471 e. The van der Waals surface area contributed by atoms with Crippen LogP contribution in [0.1, 0.15) is 41.0 Å². The van der Waals surface area contributed by atoms with Crippen LogP contribution in [0.3, 0.4) is 0 Å². The third-order valence-corrected chi connectivity index (χ3v) is 6.06. The number of halogens is 6. The van der Waals surface area contributed by atoms with Gasteiger partial charge in [-0.3, -0.25) is 14.4 Å². The number of anilines is 3. The van der Waals surface area contributed by atoms with E-state index in [4.69, 9.17) is 11.6 Å². The summed E-state index contributed by atoms with van der Waals surface area (Å²) in [4.78, 5) is 44.7. The van der Waals surface area contributed by atoms with Gasteiger partial charge in [0.15, 0.2) is 0 Å². The summed E-state index contributed by atoms with van der Waals surface area (Å²) in [6.45, 7) is 1.41. The summed E-state index contributed by atoms with van der Waals surface area (Å²) in [6.07, 6.45) is -0.332. The van der Waals surface area contributed by atoms with Crippen molar-refractivity contribution in [3.8, 4) is 11.3 Å². The van der Waals surface area contributed by atoms with Gasteiger partial charge >= 0.3 is 12.1 Å². The highest BCUT2D eigenvalue weighted by atomic mass is 35.5. The molecule has 0 radical (unpaired) electrons. The Hall–Kier alpha value is -4.26. The molecule has 3 aromatic rings. The van der Waals surface area contributed by atoms with Gasteiger partial charge in [0.2, 0.25) is 5.91 Å². The number of fused-ring (bicyclic) bond motifs is 4. The zero-order chi connectivity index (χ0) is 29.2. The summed E-state index contributed by atoms with van der Waals surface area (Å²) >= 11 is 6.39. The molecule has 4 rings (SSSR count). The number of carbonyl (C=O) groups is 3. The molecule has 210 valence electrons. The first-order valence-electron chi connectivity index (χ1n) is 11.9. The molecule has 40 heavy (non-hydrogen) atoms. The number of nitrogens with one attached hydrogen (secondary N) is 4. The number of hydrogen-bond acceptors (Lipinski definition) is 4. The van der Waals surface area contributed by atoms with Crippen LogP contribution >= 0.6 is 11.6 Å². The number of aromatic amines is 1. The molecule has 0 spiro atoms. The molecule has 8 nitrogen and oxygen atoms in total. The molecule has 0 saturated carbocycles. The van der Waals surface area contributed by atoms with E-state index in [0.29, 0.717) is 25.1 Å². The Morgan fingerprint density at radius 2 is 1.65 bits per heavy atom. The first-order valence-corrected chi connectivity index (χ1v) is 12.2. The SMILES string of the molecule is Cc1cc(F)c(C(=O)Nc2cc(NC(=O)C(F)(F)F)cc3c2-c2nc([nH]c2Cl)CCC=CCCC(=O)N3)c(F)c1. The quantitative estimate of drug-likeness (QED) is 0.215. The average Bonchev–Trinajstić information content (AvgIpc) is 3.19. The van der Waals surface area contributed by atoms with Crippen LogP contribution < -0.4 is 16.0 Å². The maximum absolute atomic E-state index is 14.6. The fourth-order valence-electron chi connectivity index (χ4n) is 4.03. The Morgan fingerprint density at radius 1 is 1.00 bits per heavy atom. The van der Waals surface area contributed by atoms with Crippen LogP contribution in [-0.2, 0) is 16.0 Å². The van der Waals surface area contributed by atoms with Crippen molar-refractivity contribution in [3.63, 3.8) is 0 Å². The second kappa shape index (κ2) is 11.5. The number of benzene rings is 2. The number of aryl methyl sites for hydroxylation is 2. The topological polar surface area (TPSA) is 116 Å². The number of aromatic nitrogens is 2. The maximum Gasteiger partial charge on any atom is 0.471 e. The van der Waals surface area contributed by atoms with Crippen molar-refractivity contribution < 1.29 is 36.3 Å². The Kier molecular flexibility index (Phi) is 8.24. The third kappa shape index (κ3) is 6.47. The molecule has 0 saturated heterocycles. The highest BCUT2D eigenvalue weighted by Crippen LogP contribution is 2.41. The molecule has 2 heterocycles. The minimum absolute atomic E-state index is 0.00466. The molecule has 14 heteroatoms. The van der Waals surface area contributed by atoms with Crippen LogP contribution in [0.4, 0.5) is 39.0 Å². The van der Waals surface area contributed by atoms with Gasteiger partial charge in [0.1, 0.15) is 33.9 Å². The third-order valence-electron chi connectivity index (χ3n) is 5.79. The zero-order valence-corrected chi connectivity index (χ0v) is 21.5. The highest BCUT2D eigenvalue weighted by molar-refractivity contribution is 6.32. The monoisotopic (exact) mass is 581 g/mol. The van der Waals surface area contributed by atoms with Gasteiger partial charge in [-0.1, -0.05) is 23.8 Å². The molecular formula is C26H21ClF5N5O3. The van der Waals surface area contributed by atoms with E-state index in [1.807, 2.05) is 6.08 Å². The molecule has 3 amide bonds. The fourth-order valence-corrected chi connectivity index (χ4v) is 4.28. The number of hydrogen-bond donors (Lipinski definition) is 4. The summed E-state index contributed by atoms with van der Waals surface area (Å²) in [5.74, 6) is -6.12. The molecule has 0 atom stereocenters. The molecule has 2 bridgehead atoms. The second-order valence-electron chi connectivity index (χ2n) is 8.90. The number of alkyl halides is 3. The van der Waals surface area contributed by atoms with E-state index < -0.39 is 46.8 Å². The van der Waals surface area contributed by atoms with Crippen LogP contribution in [0.2, 0.25) is 5.15 Å². The van der Waals surface area contributed by atoms with Crippen LogP contribution in [0.15, 0.2) is 36.4 Å². The number of nitrogens with zero attached hydrogens (tertiary/aromatic N) is 1. The van der Waals surface area contributed by atoms with Gasteiger partial charge in [-0.2, -0.15) is 13.2 Å². The van der Waals surface area contributed by atoms with E-state index in [1.54, 1.807) is 11.4 Å². The summed E-state index contributed by atoms with van der Waals surface area (Å²) in [5, 5.41) is 6.44. The highest BCUT2D eigenvalue weighted by Gasteiger charge is 2.39. The molecular weight excluding hydrogens is 561 g/mol. The number of rotatable bonds is 3. The Labute approximate surface area is 229 Å². The van der Waals surface area contributed by atoms with E-state index in [-0.39, 0.29) is 39.8 Å². The summed E-state index contributed by atoms with van der Waals surface area (Å²) in [5.41, 5.74) is -1.84. The van der Waals surface area contributed by atoms with E-state index in [0.717, 1.165) is 24.3 Å². The predicted molar refractivity (Wildman–Crippen MR) is 138 cm³/mol. The van der Waals surface area contributed by atoms with Gasteiger partial charge in [-0.25, -0.2) is 13.8 Å². The summed E-state index contributed by atoms with van der Waals surface area (Å²) in [7, 11) is 0. The lowest BCUT2D eigenvalue weighted by atomic mass is 10.0. The van der Waals surface area contributed by atoms with Crippen molar-refractivity contribution >= 4 is 46.4 Å². The predicted octanol–water partition coefficient (Wildman–Crippen LogP) is 6.29. The zero-order valence-electron chi connectivity index (χ0n) is 20.7. The number of H-pyrrole nitrogens is 1. The lowest BCUT2D eigenvalue weighted by molar-refractivity contribution is -0.167. The lowest BCUT2D eigenvalue weighted by Gasteiger charge is -2.19. The molecule has 1 aliphatic heterocycles. The Bertz CT molecular complexity index is 1510. The molecule has 2 aromatic carbocycles. The van der Waals surface area contributed by atoms with E-state index in [9.17, 15) is 36.3 Å². The minimum Gasteiger partial charge on any atom is -0.333 e. The molecule has 1 aliphatic rings. The molecule has 1 aromatic heterocycles. The van der Waals surface area contributed by atoms with Crippen LogP contribution in [0.5, 0.6) is 0 Å². The van der Waals surface area contributed by atoms with E-state index in [2.05, 4.69) is 20.6 Å². The van der Waals surface area contributed by atoms with Crippen LogP contribution in [-0.4, -0.2) is 33.9 Å². The van der Waals surface area contributed by atoms with Crippen LogP contribution in [0.25, 0.3) is 11.3 Å². The molecule has 0 aliphatic carbocycles. The molecule has 4 N–H and O–H groups in total. The average molecular weight is 582 g/mol. The number of amides is 3. The smallest absolute Gasteiger partial charge is 0.333 e. The van der Waals surface area contributed by atoms with Crippen molar-refractivity contribution in [2.24, 2.45) is 0 Å². The van der Waals surface area contributed by atoms with Gasteiger partial charge in [-0.05, 0) is 49.6 Å².